The lowest BCUT2D eigenvalue weighted by Crippen LogP contribution is -2.39. The molecule has 19 heavy (non-hydrogen) atoms. The SMILES string of the molecule is Br.O=C(Cl)C1CCCN1C(=O)OCc1ccccc1. The largest absolute Gasteiger partial charge is 0.445 e. The van der Waals surface area contributed by atoms with E-state index < -0.39 is 17.4 Å². The van der Waals surface area contributed by atoms with Gasteiger partial charge in [-0.25, -0.2) is 4.79 Å². The number of likely N-dealkylation sites (tertiary alicyclic amines) is 1. The van der Waals surface area contributed by atoms with Gasteiger partial charge in [-0.1, -0.05) is 30.3 Å². The number of hydrogen-bond acceptors (Lipinski definition) is 3. The second-order valence-electron chi connectivity index (χ2n) is 4.20. The molecule has 1 aromatic rings. The predicted octanol–water partition coefficient (Wildman–Crippen LogP) is 3.13. The van der Waals surface area contributed by atoms with Crippen molar-refractivity contribution in [3.63, 3.8) is 0 Å². The molecule has 0 bridgehead atoms. The number of hydrogen-bond donors (Lipinski definition) is 0. The molecule has 4 nitrogen and oxygen atoms in total. The third-order valence-corrected chi connectivity index (χ3v) is 3.21. The Morgan fingerprint density at radius 3 is 2.63 bits per heavy atom. The molecule has 0 aromatic heterocycles. The summed E-state index contributed by atoms with van der Waals surface area (Å²) >= 11 is 5.45. The van der Waals surface area contributed by atoms with E-state index in [1.54, 1.807) is 0 Å². The van der Waals surface area contributed by atoms with Crippen LogP contribution in [0, 0.1) is 0 Å². The number of ether oxygens (including phenoxy) is 1. The molecule has 0 radical (unpaired) electrons. The van der Waals surface area contributed by atoms with Gasteiger partial charge in [0.1, 0.15) is 12.6 Å². The molecule has 0 N–H and O–H groups in total. The summed E-state index contributed by atoms with van der Waals surface area (Å²) < 4.78 is 5.17. The molecule has 2 rings (SSSR count). The number of carbonyl (C=O) groups excluding carboxylic acids is 2. The number of benzene rings is 1. The van der Waals surface area contributed by atoms with Crippen molar-refractivity contribution in [1.82, 2.24) is 4.90 Å². The van der Waals surface area contributed by atoms with Crippen molar-refractivity contribution < 1.29 is 14.3 Å². The standard InChI is InChI=1S/C13H14ClNO3.BrH/c14-12(16)11-7-4-8-15(11)13(17)18-9-10-5-2-1-3-6-10;/h1-3,5-6,11H,4,7-9H2;1H. The van der Waals surface area contributed by atoms with E-state index in [0.29, 0.717) is 13.0 Å². The molecule has 1 amide bonds. The molecule has 1 unspecified atom stereocenters. The van der Waals surface area contributed by atoms with Crippen LogP contribution in [-0.2, 0) is 16.1 Å². The summed E-state index contributed by atoms with van der Waals surface area (Å²) in [6.45, 7) is 0.732. The predicted molar refractivity (Wildman–Crippen MR) is 77.5 cm³/mol. The van der Waals surface area contributed by atoms with Crippen molar-refractivity contribution in [3.05, 3.63) is 35.9 Å². The van der Waals surface area contributed by atoms with Crippen LogP contribution in [0.25, 0.3) is 0 Å². The smallest absolute Gasteiger partial charge is 0.410 e. The van der Waals surface area contributed by atoms with Crippen molar-refractivity contribution in [2.24, 2.45) is 0 Å². The highest BCUT2D eigenvalue weighted by Gasteiger charge is 2.34. The normalized spacial score (nSPS) is 17.7. The van der Waals surface area contributed by atoms with Gasteiger partial charge < -0.3 is 4.74 Å². The first-order valence-corrected chi connectivity index (χ1v) is 6.23. The fraction of sp³-hybridized carbons (Fsp3) is 0.385. The molecule has 6 heteroatoms. The van der Waals surface area contributed by atoms with Crippen molar-refractivity contribution in [1.29, 1.82) is 0 Å². The van der Waals surface area contributed by atoms with Gasteiger partial charge in [0.05, 0.1) is 0 Å². The van der Waals surface area contributed by atoms with Crippen LogP contribution >= 0.6 is 28.6 Å². The summed E-state index contributed by atoms with van der Waals surface area (Å²) in [6, 6.07) is 8.88. The Morgan fingerprint density at radius 1 is 1.32 bits per heavy atom. The quantitative estimate of drug-likeness (QED) is 0.788. The summed E-state index contributed by atoms with van der Waals surface area (Å²) in [5.74, 6) is 0. The molecule has 0 saturated carbocycles. The van der Waals surface area contributed by atoms with Crippen LogP contribution in [0.1, 0.15) is 18.4 Å². The molecular weight excluding hydrogens is 334 g/mol. The Kier molecular flexibility index (Phi) is 6.31. The molecule has 1 saturated heterocycles. The van der Waals surface area contributed by atoms with Crippen LogP contribution in [0.3, 0.4) is 0 Å². The van der Waals surface area contributed by atoms with E-state index in [0.717, 1.165) is 12.0 Å². The third kappa shape index (κ3) is 4.21. The first-order chi connectivity index (χ1) is 8.68. The minimum absolute atomic E-state index is 0. The minimum atomic E-state index is -0.532. The lowest BCUT2D eigenvalue weighted by molar-refractivity contribution is -0.115. The fourth-order valence-corrected chi connectivity index (χ4v) is 2.25. The number of rotatable bonds is 3. The molecule has 1 aromatic carbocycles. The second kappa shape index (κ2) is 7.50. The lowest BCUT2D eigenvalue weighted by atomic mass is 10.2. The zero-order valence-corrected chi connectivity index (χ0v) is 12.7. The number of amides is 1. The highest BCUT2D eigenvalue weighted by molar-refractivity contribution is 8.93. The molecule has 1 aliphatic heterocycles. The van der Waals surface area contributed by atoms with Crippen LogP contribution in [0.15, 0.2) is 30.3 Å². The van der Waals surface area contributed by atoms with Crippen molar-refractivity contribution in [3.8, 4) is 0 Å². The average molecular weight is 349 g/mol. The van der Waals surface area contributed by atoms with Crippen LogP contribution in [0.2, 0.25) is 0 Å². The molecule has 0 aliphatic carbocycles. The highest BCUT2D eigenvalue weighted by atomic mass is 79.9. The van der Waals surface area contributed by atoms with Gasteiger partial charge in [0.25, 0.3) is 0 Å². The maximum atomic E-state index is 11.8. The van der Waals surface area contributed by atoms with Crippen molar-refractivity contribution >= 4 is 39.9 Å². The number of carbonyl (C=O) groups is 2. The van der Waals surface area contributed by atoms with Gasteiger partial charge in [-0.15, -0.1) is 17.0 Å². The highest BCUT2D eigenvalue weighted by Crippen LogP contribution is 2.20. The summed E-state index contributed by atoms with van der Waals surface area (Å²) in [7, 11) is 0. The second-order valence-corrected chi connectivity index (χ2v) is 4.57. The minimum Gasteiger partial charge on any atom is -0.445 e. The van der Waals surface area contributed by atoms with Crippen LogP contribution in [0.5, 0.6) is 0 Å². The van der Waals surface area contributed by atoms with Gasteiger partial charge in [-0.2, -0.15) is 0 Å². The Morgan fingerprint density at radius 2 is 2.00 bits per heavy atom. The van der Waals surface area contributed by atoms with Crippen molar-refractivity contribution in [2.75, 3.05) is 6.54 Å². The fourth-order valence-electron chi connectivity index (χ4n) is 2.02. The van der Waals surface area contributed by atoms with E-state index in [-0.39, 0.29) is 23.6 Å². The van der Waals surface area contributed by atoms with Gasteiger partial charge in [0, 0.05) is 6.54 Å². The monoisotopic (exact) mass is 347 g/mol. The summed E-state index contributed by atoms with van der Waals surface area (Å²) in [6.07, 6.45) is 0.919. The maximum absolute atomic E-state index is 11.8. The molecule has 0 spiro atoms. The third-order valence-electron chi connectivity index (χ3n) is 2.95. The van der Waals surface area contributed by atoms with E-state index >= 15 is 0 Å². The van der Waals surface area contributed by atoms with Gasteiger partial charge in [0.15, 0.2) is 0 Å². The van der Waals surface area contributed by atoms with E-state index in [1.807, 2.05) is 30.3 Å². The summed E-state index contributed by atoms with van der Waals surface area (Å²) in [4.78, 5) is 24.4. The van der Waals surface area contributed by atoms with Crippen LogP contribution < -0.4 is 0 Å². The number of halogens is 2. The average Bonchev–Trinajstić information content (AvgIpc) is 2.86. The Hall–Kier alpha value is -1.07. The molecular formula is C13H15BrClNO3. The first kappa shape index (κ1) is 16.0. The Bertz CT molecular complexity index is 441. The van der Waals surface area contributed by atoms with Gasteiger partial charge in [-0.3, -0.25) is 9.69 Å². The lowest BCUT2D eigenvalue weighted by Gasteiger charge is -2.20. The first-order valence-electron chi connectivity index (χ1n) is 5.85. The Labute approximate surface area is 127 Å². The molecule has 1 atom stereocenters. The zero-order chi connectivity index (χ0) is 13.0. The maximum Gasteiger partial charge on any atom is 0.410 e. The van der Waals surface area contributed by atoms with E-state index in [2.05, 4.69) is 0 Å². The van der Waals surface area contributed by atoms with Crippen LogP contribution in [-0.4, -0.2) is 28.8 Å². The Balaban J connectivity index is 0.00000180. The van der Waals surface area contributed by atoms with Crippen molar-refractivity contribution in [2.45, 2.75) is 25.5 Å². The van der Waals surface area contributed by atoms with Crippen LogP contribution in [0.4, 0.5) is 4.79 Å². The molecule has 1 fully saturated rings. The molecule has 1 aliphatic rings. The molecule has 1 heterocycles. The van der Waals surface area contributed by atoms with E-state index in [1.165, 1.54) is 4.90 Å². The molecule has 104 valence electrons. The summed E-state index contributed by atoms with van der Waals surface area (Å²) in [5.41, 5.74) is 0.916. The van der Waals surface area contributed by atoms with Gasteiger partial charge in [-0.05, 0) is 30.0 Å². The van der Waals surface area contributed by atoms with Gasteiger partial charge in [0.2, 0.25) is 5.24 Å². The summed E-state index contributed by atoms with van der Waals surface area (Å²) in [5, 5.41) is -0.496. The van der Waals surface area contributed by atoms with E-state index in [9.17, 15) is 9.59 Å². The topological polar surface area (TPSA) is 46.6 Å². The zero-order valence-electron chi connectivity index (χ0n) is 10.3. The van der Waals surface area contributed by atoms with E-state index in [4.69, 9.17) is 16.3 Å². The number of nitrogens with zero attached hydrogens (tertiary/aromatic N) is 1. The van der Waals surface area contributed by atoms with Gasteiger partial charge >= 0.3 is 6.09 Å².